The molecule has 21 heavy (non-hydrogen) atoms. The Kier molecular flexibility index (Phi) is 6.53. The van der Waals surface area contributed by atoms with E-state index in [9.17, 15) is 0 Å². The summed E-state index contributed by atoms with van der Waals surface area (Å²) >= 11 is 6.14. The van der Waals surface area contributed by atoms with Gasteiger partial charge in [0, 0.05) is 17.6 Å². The molecule has 1 N–H and O–H groups in total. The van der Waals surface area contributed by atoms with E-state index in [0.717, 1.165) is 17.5 Å². The summed E-state index contributed by atoms with van der Waals surface area (Å²) in [6, 6.07) is 8.53. The number of rotatable bonds is 6. The van der Waals surface area contributed by atoms with Gasteiger partial charge >= 0.3 is 0 Å². The second-order valence-electron chi connectivity index (χ2n) is 6.64. The summed E-state index contributed by atoms with van der Waals surface area (Å²) in [5.41, 5.74) is 1.17. The minimum absolute atomic E-state index is 0.0846. The fourth-order valence-corrected chi connectivity index (χ4v) is 3.23. The minimum atomic E-state index is 0.0846. The molecule has 1 aromatic carbocycles. The minimum Gasteiger partial charge on any atom is -0.369 e. The van der Waals surface area contributed by atoms with Crippen LogP contribution in [0.5, 0.6) is 0 Å². The number of hydrogen-bond acceptors (Lipinski definition) is 2. The van der Waals surface area contributed by atoms with Crippen molar-refractivity contribution in [1.29, 1.82) is 0 Å². The van der Waals surface area contributed by atoms with E-state index in [1.807, 2.05) is 18.2 Å². The zero-order chi connectivity index (χ0) is 15.2. The fraction of sp³-hybridized carbons (Fsp3) is 0.667. The molecule has 1 aliphatic carbocycles. The van der Waals surface area contributed by atoms with Crippen molar-refractivity contribution in [3.63, 3.8) is 0 Å². The SMILES string of the molecule is CC1CCCC(OC(CNC(C)C)c2cccc(Cl)c2)C1. The van der Waals surface area contributed by atoms with E-state index in [-0.39, 0.29) is 6.10 Å². The topological polar surface area (TPSA) is 21.3 Å². The molecule has 0 saturated heterocycles. The lowest BCUT2D eigenvalue weighted by molar-refractivity contribution is -0.0401. The van der Waals surface area contributed by atoms with E-state index < -0.39 is 0 Å². The number of hydrogen-bond donors (Lipinski definition) is 1. The third-order valence-corrected chi connectivity index (χ3v) is 4.41. The van der Waals surface area contributed by atoms with Crippen molar-refractivity contribution in [3.05, 3.63) is 34.9 Å². The zero-order valence-electron chi connectivity index (χ0n) is 13.4. The summed E-state index contributed by atoms with van der Waals surface area (Å²) in [7, 11) is 0. The van der Waals surface area contributed by atoms with Crippen LogP contribution in [0.15, 0.2) is 24.3 Å². The molecule has 0 heterocycles. The Bertz CT molecular complexity index is 435. The molecule has 0 aliphatic heterocycles. The number of nitrogens with one attached hydrogen (secondary N) is 1. The van der Waals surface area contributed by atoms with Gasteiger partial charge in [0.25, 0.3) is 0 Å². The Morgan fingerprint density at radius 2 is 2.14 bits per heavy atom. The first kappa shape index (κ1) is 16.8. The summed E-state index contributed by atoms with van der Waals surface area (Å²) in [4.78, 5) is 0. The molecule has 0 bridgehead atoms. The molecule has 1 aromatic rings. The monoisotopic (exact) mass is 309 g/mol. The maximum absolute atomic E-state index is 6.43. The summed E-state index contributed by atoms with van der Waals surface area (Å²) in [5, 5.41) is 4.28. The molecule has 0 spiro atoms. The highest BCUT2D eigenvalue weighted by Crippen LogP contribution is 2.30. The lowest BCUT2D eigenvalue weighted by Crippen LogP contribution is -2.32. The molecule has 0 radical (unpaired) electrons. The van der Waals surface area contributed by atoms with Gasteiger partial charge < -0.3 is 10.1 Å². The standard InChI is InChI=1S/C18H28ClNO/c1-13(2)20-12-18(15-7-5-8-16(19)11-15)21-17-9-4-6-14(3)10-17/h5,7-8,11,13-14,17-18,20H,4,6,9-10,12H2,1-3H3. The lowest BCUT2D eigenvalue weighted by atomic mass is 9.88. The van der Waals surface area contributed by atoms with Crippen LogP contribution in [0.2, 0.25) is 5.02 Å². The quantitative estimate of drug-likeness (QED) is 0.800. The van der Waals surface area contributed by atoms with E-state index in [1.54, 1.807) is 0 Å². The molecule has 1 fully saturated rings. The van der Waals surface area contributed by atoms with Gasteiger partial charge in [0.15, 0.2) is 0 Å². The van der Waals surface area contributed by atoms with Crippen molar-refractivity contribution in [1.82, 2.24) is 5.32 Å². The van der Waals surface area contributed by atoms with Crippen molar-refractivity contribution in [2.45, 2.75) is 64.7 Å². The molecule has 2 nitrogen and oxygen atoms in total. The molecule has 1 aliphatic rings. The highest BCUT2D eigenvalue weighted by atomic mass is 35.5. The summed E-state index contributed by atoms with van der Waals surface area (Å²) in [5.74, 6) is 0.779. The molecule has 3 atom stereocenters. The summed E-state index contributed by atoms with van der Waals surface area (Å²) < 4.78 is 6.43. The lowest BCUT2D eigenvalue weighted by Gasteiger charge is -2.31. The Hall–Kier alpha value is -0.570. The number of ether oxygens (including phenoxy) is 1. The summed E-state index contributed by atoms with van der Waals surface area (Å²) in [6.07, 6.45) is 5.45. The average molecular weight is 310 g/mol. The van der Waals surface area contributed by atoms with Gasteiger partial charge in [-0.05, 0) is 36.5 Å². The fourth-order valence-electron chi connectivity index (χ4n) is 3.03. The second-order valence-corrected chi connectivity index (χ2v) is 7.07. The van der Waals surface area contributed by atoms with E-state index in [0.29, 0.717) is 12.1 Å². The van der Waals surface area contributed by atoms with Crippen molar-refractivity contribution >= 4 is 11.6 Å². The predicted octanol–water partition coefficient (Wildman–Crippen LogP) is 4.97. The van der Waals surface area contributed by atoms with Gasteiger partial charge in [-0.2, -0.15) is 0 Å². The van der Waals surface area contributed by atoms with Crippen LogP contribution in [-0.2, 0) is 4.74 Å². The molecule has 2 rings (SSSR count). The average Bonchev–Trinajstić information content (AvgIpc) is 2.43. The van der Waals surface area contributed by atoms with Crippen LogP contribution in [0.25, 0.3) is 0 Å². The first-order valence-corrected chi connectivity index (χ1v) is 8.56. The van der Waals surface area contributed by atoms with E-state index in [4.69, 9.17) is 16.3 Å². The Morgan fingerprint density at radius 1 is 1.33 bits per heavy atom. The van der Waals surface area contributed by atoms with Crippen molar-refractivity contribution < 1.29 is 4.74 Å². The van der Waals surface area contributed by atoms with Crippen LogP contribution < -0.4 is 5.32 Å². The van der Waals surface area contributed by atoms with Crippen LogP contribution in [0.1, 0.15) is 58.1 Å². The van der Waals surface area contributed by atoms with Gasteiger partial charge in [0.2, 0.25) is 0 Å². The van der Waals surface area contributed by atoms with Crippen molar-refractivity contribution in [2.75, 3.05) is 6.54 Å². The van der Waals surface area contributed by atoms with Gasteiger partial charge in [-0.3, -0.25) is 0 Å². The highest BCUT2D eigenvalue weighted by Gasteiger charge is 2.23. The van der Waals surface area contributed by atoms with Crippen LogP contribution in [0.4, 0.5) is 0 Å². The normalized spacial score (nSPS) is 24.2. The molecule has 3 heteroatoms. The Labute approximate surface area is 134 Å². The molecule has 0 amide bonds. The van der Waals surface area contributed by atoms with Gasteiger partial charge in [-0.15, -0.1) is 0 Å². The van der Waals surface area contributed by atoms with Crippen LogP contribution in [0, 0.1) is 5.92 Å². The first-order chi connectivity index (χ1) is 10.0. The molecule has 1 saturated carbocycles. The third kappa shape index (κ3) is 5.61. The Morgan fingerprint density at radius 3 is 2.81 bits per heavy atom. The molecular formula is C18H28ClNO. The van der Waals surface area contributed by atoms with Crippen LogP contribution >= 0.6 is 11.6 Å². The van der Waals surface area contributed by atoms with E-state index in [2.05, 4.69) is 32.2 Å². The second kappa shape index (κ2) is 8.17. The van der Waals surface area contributed by atoms with Gasteiger partial charge in [-0.25, -0.2) is 0 Å². The zero-order valence-corrected chi connectivity index (χ0v) is 14.2. The predicted molar refractivity (Wildman–Crippen MR) is 89.8 cm³/mol. The van der Waals surface area contributed by atoms with Crippen LogP contribution in [-0.4, -0.2) is 18.7 Å². The number of benzene rings is 1. The highest BCUT2D eigenvalue weighted by molar-refractivity contribution is 6.30. The first-order valence-electron chi connectivity index (χ1n) is 8.19. The van der Waals surface area contributed by atoms with Crippen molar-refractivity contribution in [3.8, 4) is 0 Å². The molecule has 3 unspecified atom stereocenters. The Balaban J connectivity index is 2.04. The van der Waals surface area contributed by atoms with E-state index in [1.165, 1.54) is 31.2 Å². The van der Waals surface area contributed by atoms with Gasteiger partial charge in [0.1, 0.15) is 0 Å². The van der Waals surface area contributed by atoms with Crippen LogP contribution in [0.3, 0.4) is 0 Å². The third-order valence-electron chi connectivity index (χ3n) is 4.18. The summed E-state index contributed by atoms with van der Waals surface area (Å²) in [6.45, 7) is 7.49. The molecule has 0 aromatic heterocycles. The van der Waals surface area contributed by atoms with Gasteiger partial charge in [-0.1, -0.05) is 57.3 Å². The number of halogens is 1. The molecular weight excluding hydrogens is 282 g/mol. The van der Waals surface area contributed by atoms with Gasteiger partial charge in [0.05, 0.1) is 12.2 Å². The smallest absolute Gasteiger partial charge is 0.0953 e. The van der Waals surface area contributed by atoms with E-state index >= 15 is 0 Å². The maximum atomic E-state index is 6.43. The maximum Gasteiger partial charge on any atom is 0.0953 e. The molecule has 118 valence electrons. The largest absolute Gasteiger partial charge is 0.369 e. The van der Waals surface area contributed by atoms with Crippen molar-refractivity contribution in [2.24, 2.45) is 5.92 Å².